The van der Waals surface area contributed by atoms with Gasteiger partial charge in [-0.2, -0.15) is 0 Å². The summed E-state index contributed by atoms with van der Waals surface area (Å²) < 4.78 is 15.1. The van der Waals surface area contributed by atoms with Crippen molar-refractivity contribution in [2.45, 2.75) is 6.92 Å². The molecular weight excluding hydrogens is 302 g/mol. The van der Waals surface area contributed by atoms with Gasteiger partial charge in [-0.3, -0.25) is 4.79 Å². The lowest BCUT2D eigenvalue weighted by atomic mass is 10.1. The Hall–Kier alpha value is -3.09. The van der Waals surface area contributed by atoms with Crippen LogP contribution in [0, 0.1) is 0 Å². The van der Waals surface area contributed by atoms with Crippen LogP contribution in [0.4, 0.5) is 0 Å². The van der Waals surface area contributed by atoms with Gasteiger partial charge >= 0.3 is 11.6 Å². The fourth-order valence-corrected chi connectivity index (χ4v) is 2.38. The van der Waals surface area contributed by atoms with Gasteiger partial charge in [-0.05, 0) is 19.1 Å². The minimum atomic E-state index is -0.745. The van der Waals surface area contributed by atoms with E-state index >= 15 is 0 Å². The quantitative estimate of drug-likeness (QED) is 0.450. The van der Waals surface area contributed by atoms with Gasteiger partial charge in [0.05, 0.1) is 19.1 Å². The SMILES string of the molecule is CCOC(=O)c1c[nH]c2c(=O)oc3cc(OC)ccc3c2c1=O. The Morgan fingerprint density at radius 3 is 2.78 bits per heavy atom. The minimum Gasteiger partial charge on any atom is -0.497 e. The Labute approximate surface area is 129 Å². The maximum absolute atomic E-state index is 12.6. The van der Waals surface area contributed by atoms with Crippen molar-refractivity contribution in [2.24, 2.45) is 0 Å². The first-order chi connectivity index (χ1) is 11.1. The number of hydrogen-bond acceptors (Lipinski definition) is 6. The van der Waals surface area contributed by atoms with Gasteiger partial charge in [0.25, 0.3) is 0 Å². The predicted octanol–water partition coefficient (Wildman–Crippen LogP) is 1.82. The summed E-state index contributed by atoms with van der Waals surface area (Å²) in [6.45, 7) is 1.79. The van der Waals surface area contributed by atoms with E-state index in [1.807, 2.05) is 0 Å². The van der Waals surface area contributed by atoms with Crippen molar-refractivity contribution in [3.05, 3.63) is 50.6 Å². The summed E-state index contributed by atoms with van der Waals surface area (Å²) in [6.07, 6.45) is 1.16. The first-order valence-electron chi connectivity index (χ1n) is 6.90. The van der Waals surface area contributed by atoms with Crippen LogP contribution in [-0.4, -0.2) is 24.7 Å². The lowest BCUT2D eigenvalue weighted by Crippen LogP contribution is -2.20. The van der Waals surface area contributed by atoms with E-state index in [1.165, 1.54) is 13.2 Å². The van der Waals surface area contributed by atoms with Crippen LogP contribution in [0.3, 0.4) is 0 Å². The number of H-pyrrole nitrogens is 1. The second-order valence-electron chi connectivity index (χ2n) is 4.75. The lowest BCUT2D eigenvalue weighted by Gasteiger charge is -2.06. The first-order valence-corrected chi connectivity index (χ1v) is 6.90. The molecule has 1 N–H and O–H groups in total. The van der Waals surface area contributed by atoms with Crippen LogP contribution in [0.2, 0.25) is 0 Å². The first kappa shape index (κ1) is 14.8. The van der Waals surface area contributed by atoms with E-state index in [9.17, 15) is 14.4 Å². The van der Waals surface area contributed by atoms with Gasteiger partial charge in [0.2, 0.25) is 5.43 Å². The molecule has 118 valence electrons. The van der Waals surface area contributed by atoms with Gasteiger partial charge in [-0.25, -0.2) is 9.59 Å². The number of benzene rings is 1. The van der Waals surface area contributed by atoms with Crippen LogP contribution in [0.15, 0.2) is 38.4 Å². The number of aromatic amines is 1. The Balaban J connectivity index is 2.43. The highest BCUT2D eigenvalue weighted by atomic mass is 16.5. The summed E-state index contributed by atoms with van der Waals surface area (Å²) in [7, 11) is 1.48. The molecule has 7 nitrogen and oxygen atoms in total. The van der Waals surface area contributed by atoms with Crippen LogP contribution < -0.4 is 15.8 Å². The average molecular weight is 315 g/mol. The van der Waals surface area contributed by atoms with E-state index in [1.54, 1.807) is 19.1 Å². The topological polar surface area (TPSA) is 98.6 Å². The number of carbonyl (C=O) groups is 1. The summed E-state index contributed by atoms with van der Waals surface area (Å²) in [4.78, 5) is 39.2. The molecule has 2 aromatic heterocycles. The van der Waals surface area contributed by atoms with Crippen molar-refractivity contribution in [1.82, 2.24) is 4.98 Å². The summed E-state index contributed by atoms with van der Waals surface area (Å²) in [5.41, 5.74) is -1.25. The van der Waals surface area contributed by atoms with Crippen molar-refractivity contribution in [3.8, 4) is 5.75 Å². The molecule has 0 saturated heterocycles. The fraction of sp³-hybridized carbons (Fsp3) is 0.188. The third kappa shape index (κ3) is 2.36. The van der Waals surface area contributed by atoms with E-state index < -0.39 is 17.0 Å². The van der Waals surface area contributed by atoms with Crippen LogP contribution in [0.25, 0.3) is 21.9 Å². The maximum Gasteiger partial charge on any atom is 0.360 e. The normalized spacial score (nSPS) is 10.9. The van der Waals surface area contributed by atoms with Crippen LogP contribution in [0.1, 0.15) is 17.3 Å². The molecule has 0 spiro atoms. The largest absolute Gasteiger partial charge is 0.497 e. The molecular formula is C16H13NO6. The number of methoxy groups -OCH3 is 1. The van der Waals surface area contributed by atoms with Crippen molar-refractivity contribution < 1.29 is 18.7 Å². The number of fused-ring (bicyclic) bond motifs is 3. The second kappa shape index (κ2) is 5.60. The number of carbonyl (C=O) groups excluding carboxylic acids is 1. The average Bonchev–Trinajstić information content (AvgIpc) is 2.54. The molecule has 23 heavy (non-hydrogen) atoms. The Morgan fingerprint density at radius 1 is 1.30 bits per heavy atom. The number of aromatic nitrogens is 1. The van der Waals surface area contributed by atoms with E-state index in [4.69, 9.17) is 13.9 Å². The number of hydrogen-bond donors (Lipinski definition) is 1. The molecule has 0 unspecified atom stereocenters. The molecule has 0 aliphatic carbocycles. The number of pyridine rings is 1. The Kier molecular flexibility index (Phi) is 3.61. The second-order valence-corrected chi connectivity index (χ2v) is 4.75. The molecule has 1 aromatic carbocycles. The zero-order valence-electron chi connectivity index (χ0n) is 12.5. The molecule has 0 bridgehead atoms. The van der Waals surface area contributed by atoms with Gasteiger partial charge in [0, 0.05) is 17.6 Å². The third-order valence-corrected chi connectivity index (χ3v) is 3.44. The highest BCUT2D eigenvalue weighted by molar-refractivity contribution is 6.05. The van der Waals surface area contributed by atoms with Crippen molar-refractivity contribution in [2.75, 3.05) is 13.7 Å². The summed E-state index contributed by atoms with van der Waals surface area (Å²) >= 11 is 0. The van der Waals surface area contributed by atoms with Gasteiger partial charge in [-0.15, -0.1) is 0 Å². The molecule has 3 aromatic rings. The highest BCUT2D eigenvalue weighted by Crippen LogP contribution is 2.24. The van der Waals surface area contributed by atoms with E-state index in [0.29, 0.717) is 11.1 Å². The molecule has 7 heteroatoms. The van der Waals surface area contributed by atoms with Gasteiger partial charge in [0.1, 0.15) is 22.4 Å². The molecule has 0 amide bonds. The highest BCUT2D eigenvalue weighted by Gasteiger charge is 2.18. The molecule has 0 atom stereocenters. The predicted molar refractivity (Wildman–Crippen MR) is 83.1 cm³/mol. The molecule has 0 aliphatic heterocycles. The van der Waals surface area contributed by atoms with Crippen LogP contribution in [0.5, 0.6) is 5.75 Å². The van der Waals surface area contributed by atoms with Gasteiger partial charge < -0.3 is 18.9 Å². The molecule has 0 radical (unpaired) electrons. The molecule has 3 rings (SSSR count). The van der Waals surface area contributed by atoms with Gasteiger partial charge in [0.15, 0.2) is 0 Å². The third-order valence-electron chi connectivity index (χ3n) is 3.44. The summed E-state index contributed by atoms with van der Waals surface area (Å²) in [5.74, 6) is -0.261. The monoisotopic (exact) mass is 315 g/mol. The van der Waals surface area contributed by atoms with Crippen LogP contribution in [-0.2, 0) is 4.74 Å². The number of rotatable bonds is 3. The zero-order chi connectivity index (χ0) is 16.6. The molecule has 0 fully saturated rings. The molecule has 2 heterocycles. The van der Waals surface area contributed by atoms with E-state index in [2.05, 4.69) is 4.98 Å². The van der Waals surface area contributed by atoms with Crippen molar-refractivity contribution >= 4 is 27.8 Å². The van der Waals surface area contributed by atoms with E-state index in [-0.39, 0.29) is 28.7 Å². The standard InChI is InChI=1S/C16H13NO6/c1-3-22-15(19)10-7-17-13-12(14(10)18)9-5-4-8(21-2)6-11(9)23-16(13)20/h4-7H,3H2,1-2H3,(H,17,18). The smallest absolute Gasteiger partial charge is 0.360 e. The van der Waals surface area contributed by atoms with Crippen LogP contribution >= 0.6 is 0 Å². The minimum absolute atomic E-state index is 0.000662. The zero-order valence-corrected chi connectivity index (χ0v) is 12.5. The molecule has 0 aliphatic rings. The van der Waals surface area contributed by atoms with Gasteiger partial charge in [-0.1, -0.05) is 0 Å². The molecule has 0 saturated carbocycles. The fourth-order valence-electron chi connectivity index (χ4n) is 2.38. The number of esters is 1. The number of nitrogens with one attached hydrogen (secondary N) is 1. The Bertz CT molecular complexity index is 1030. The summed E-state index contributed by atoms with van der Waals surface area (Å²) in [6, 6.07) is 4.74. The maximum atomic E-state index is 12.6. The van der Waals surface area contributed by atoms with E-state index in [0.717, 1.165) is 6.20 Å². The van der Waals surface area contributed by atoms with Crippen molar-refractivity contribution in [1.29, 1.82) is 0 Å². The number of ether oxygens (including phenoxy) is 2. The lowest BCUT2D eigenvalue weighted by molar-refractivity contribution is 0.0524. The van der Waals surface area contributed by atoms with Crippen molar-refractivity contribution in [3.63, 3.8) is 0 Å². The summed E-state index contributed by atoms with van der Waals surface area (Å²) in [5, 5.41) is 0.497. The Morgan fingerprint density at radius 2 is 2.09 bits per heavy atom.